The fourth-order valence-corrected chi connectivity index (χ4v) is 5.84. The Kier molecular flexibility index (Phi) is 7.96. The highest BCUT2D eigenvalue weighted by molar-refractivity contribution is 5.95. The van der Waals surface area contributed by atoms with Crippen LogP contribution < -0.4 is 14.4 Å². The molecule has 2 aliphatic heterocycles. The van der Waals surface area contributed by atoms with Crippen LogP contribution in [0.5, 0.6) is 11.5 Å². The van der Waals surface area contributed by atoms with Crippen LogP contribution in [0.15, 0.2) is 54.9 Å². The fraction of sp³-hybridized carbons (Fsp3) is 0.433. The molecule has 2 amide bonds. The number of hydrogen-bond donors (Lipinski definition) is 1. The third-order valence-corrected chi connectivity index (χ3v) is 7.73. The molecule has 2 aromatic carbocycles. The molecule has 5 rings (SSSR count). The molecule has 3 heterocycles. The molecule has 200 valence electrons. The summed E-state index contributed by atoms with van der Waals surface area (Å²) in [7, 11) is 1.65. The second kappa shape index (κ2) is 11.7. The lowest BCUT2D eigenvalue weighted by molar-refractivity contribution is -0.131. The van der Waals surface area contributed by atoms with E-state index in [0.717, 1.165) is 41.8 Å². The molecule has 0 radical (unpaired) electrons. The number of ether oxygens (including phenoxy) is 2. The minimum absolute atomic E-state index is 0.0316. The molecule has 2 atom stereocenters. The number of rotatable bonds is 4. The van der Waals surface area contributed by atoms with E-state index in [1.807, 2.05) is 40.3 Å². The Hall–Kier alpha value is -3.81. The Morgan fingerprint density at radius 3 is 2.82 bits per heavy atom. The Labute approximate surface area is 223 Å². The van der Waals surface area contributed by atoms with Gasteiger partial charge in [-0.2, -0.15) is 5.10 Å². The van der Waals surface area contributed by atoms with Crippen molar-refractivity contribution in [3.63, 3.8) is 0 Å². The van der Waals surface area contributed by atoms with E-state index in [1.54, 1.807) is 20.2 Å². The molecule has 0 spiro atoms. The molecule has 1 aromatic heterocycles. The SMILES string of the molecule is COc1ccc2cc1OCCCCN(C(=O)CCc1cn[nH]c1)CC[C@@H]1c3ccccc3N(C(C)=O)[C@@H]1C2. The summed E-state index contributed by atoms with van der Waals surface area (Å²) in [5, 5.41) is 6.81. The number of aromatic nitrogens is 2. The molecule has 8 heteroatoms. The van der Waals surface area contributed by atoms with E-state index in [0.29, 0.717) is 44.7 Å². The Balaban J connectivity index is 1.44. The third kappa shape index (κ3) is 5.54. The van der Waals surface area contributed by atoms with Gasteiger partial charge in [0.05, 0.1) is 19.9 Å². The van der Waals surface area contributed by atoms with Crippen LogP contribution in [0.2, 0.25) is 0 Å². The van der Waals surface area contributed by atoms with Gasteiger partial charge in [-0.3, -0.25) is 14.7 Å². The van der Waals surface area contributed by atoms with Gasteiger partial charge in [-0.25, -0.2) is 0 Å². The zero-order chi connectivity index (χ0) is 26.5. The van der Waals surface area contributed by atoms with E-state index >= 15 is 0 Å². The summed E-state index contributed by atoms with van der Waals surface area (Å²) in [5.74, 6) is 1.72. The highest BCUT2D eigenvalue weighted by Gasteiger charge is 2.40. The van der Waals surface area contributed by atoms with E-state index < -0.39 is 0 Å². The van der Waals surface area contributed by atoms with Gasteiger partial charge in [-0.1, -0.05) is 24.3 Å². The molecule has 38 heavy (non-hydrogen) atoms. The van der Waals surface area contributed by atoms with Crippen molar-refractivity contribution in [2.45, 2.75) is 57.4 Å². The Morgan fingerprint density at radius 1 is 1.16 bits per heavy atom. The largest absolute Gasteiger partial charge is 0.493 e. The summed E-state index contributed by atoms with van der Waals surface area (Å²) < 4.78 is 11.7. The minimum Gasteiger partial charge on any atom is -0.493 e. The smallest absolute Gasteiger partial charge is 0.224 e. The van der Waals surface area contributed by atoms with Crippen LogP contribution in [0.3, 0.4) is 0 Å². The van der Waals surface area contributed by atoms with Crippen molar-refractivity contribution in [2.24, 2.45) is 0 Å². The number of aromatic amines is 1. The number of benzene rings is 2. The summed E-state index contributed by atoms with van der Waals surface area (Å²) in [6, 6.07) is 14.2. The first-order valence-corrected chi connectivity index (χ1v) is 13.5. The minimum atomic E-state index is -0.0445. The van der Waals surface area contributed by atoms with E-state index in [-0.39, 0.29) is 23.8 Å². The zero-order valence-electron chi connectivity index (χ0n) is 22.2. The Bertz CT molecular complexity index is 1260. The number of para-hydroxylation sites is 1. The summed E-state index contributed by atoms with van der Waals surface area (Å²) in [4.78, 5) is 30.2. The second-order valence-electron chi connectivity index (χ2n) is 10.1. The maximum absolute atomic E-state index is 13.3. The number of nitrogens with one attached hydrogen (secondary N) is 1. The van der Waals surface area contributed by atoms with Gasteiger partial charge in [0.1, 0.15) is 0 Å². The molecule has 0 unspecified atom stereocenters. The molecule has 3 aromatic rings. The summed E-state index contributed by atoms with van der Waals surface area (Å²) in [6.45, 7) is 3.52. The molecular weight excluding hydrogens is 480 g/mol. The van der Waals surface area contributed by atoms with Gasteiger partial charge in [0, 0.05) is 50.3 Å². The van der Waals surface area contributed by atoms with Gasteiger partial charge in [-0.05, 0) is 67.0 Å². The van der Waals surface area contributed by atoms with Crippen molar-refractivity contribution in [3.8, 4) is 11.5 Å². The van der Waals surface area contributed by atoms with Crippen molar-refractivity contribution < 1.29 is 19.1 Å². The molecule has 0 saturated heterocycles. The second-order valence-corrected chi connectivity index (χ2v) is 10.1. The molecule has 1 N–H and O–H groups in total. The van der Waals surface area contributed by atoms with Crippen LogP contribution in [-0.4, -0.2) is 59.8 Å². The number of fused-ring (bicyclic) bond motifs is 5. The highest BCUT2D eigenvalue weighted by atomic mass is 16.5. The zero-order valence-corrected chi connectivity index (χ0v) is 22.2. The lowest BCUT2D eigenvalue weighted by atomic mass is 9.87. The van der Waals surface area contributed by atoms with Gasteiger partial charge < -0.3 is 19.3 Å². The third-order valence-electron chi connectivity index (χ3n) is 7.73. The number of amides is 2. The molecule has 0 fully saturated rings. The van der Waals surface area contributed by atoms with Crippen molar-refractivity contribution >= 4 is 17.5 Å². The van der Waals surface area contributed by atoms with Crippen LogP contribution in [0.1, 0.15) is 55.2 Å². The first-order valence-electron chi connectivity index (χ1n) is 13.5. The van der Waals surface area contributed by atoms with Gasteiger partial charge in [-0.15, -0.1) is 0 Å². The summed E-state index contributed by atoms with van der Waals surface area (Å²) in [6.07, 6.45) is 7.89. The monoisotopic (exact) mass is 516 g/mol. The lowest BCUT2D eigenvalue weighted by Gasteiger charge is -2.31. The number of carbonyl (C=O) groups is 2. The number of anilines is 1. The molecule has 8 nitrogen and oxygen atoms in total. The average Bonchev–Trinajstić information content (AvgIpc) is 3.55. The van der Waals surface area contributed by atoms with Crippen molar-refractivity contribution in [2.75, 3.05) is 31.7 Å². The van der Waals surface area contributed by atoms with Crippen LogP contribution in [0.4, 0.5) is 5.69 Å². The lowest BCUT2D eigenvalue weighted by Crippen LogP contribution is -2.41. The molecule has 2 bridgehead atoms. The molecule has 0 aliphatic carbocycles. The van der Waals surface area contributed by atoms with Crippen LogP contribution in [-0.2, 0) is 22.4 Å². The van der Waals surface area contributed by atoms with Gasteiger partial charge in [0.15, 0.2) is 11.5 Å². The van der Waals surface area contributed by atoms with Gasteiger partial charge in [0.25, 0.3) is 0 Å². The summed E-state index contributed by atoms with van der Waals surface area (Å²) in [5.41, 5.74) is 4.28. The predicted octanol–water partition coefficient (Wildman–Crippen LogP) is 4.50. The van der Waals surface area contributed by atoms with E-state index in [4.69, 9.17) is 9.47 Å². The fourth-order valence-electron chi connectivity index (χ4n) is 5.84. The maximum Gasteiger partial charge on any atom is 0.224 e. The van der Waals surface area contributed by atoms with E-state index in [2.05, 4.69) is 28.4 Å². The highest BCUT2D eigenvalue weighted by Crippen LogP contribution is 2.44. The normalized spacial score (nSPS) is 19.6. The summed E-state index contributed by atoms with van der Waals surface area (Å²) >= 11 is 0. The molecular formula is C30H36N4O4. The van der Waals surface area contributed by atoms with Crippen LogP contribution in [0, 0.1) is 0 Å². The van der Waals surface area contributed by atoms with E-state index in [1.165, 1.54) is 5.56 Å². The number of nitrogens with zero attached hydrogens (tertiary/aromatic N) is 3. The molecule has 2 aliphatic rings. The van der Waals surface area contributed by atoms with E-state index in [9.17, 15) is 9.59 Å². The predicted molar refractivity (Wildman–Crippen MR) is 146 cm³/mol. The van der Waals surface area contributed by atoms with Crippen molar-refractivity contribution in [1.82, 2.24) is 15.1 Å². The van der Waals surface area contributed by atoms with Gasteiger partial charge in [0.2, 0.25) is 11.8 Å². The quantitative estimate of drug-likeness (QED) is 0.552. The first kappa shape index (κ1) is 25.8. The number of carbonyl (C=O) groups excluding carboxylic acids is 2. The van der Waals surface area contributed by atoms with Crippen LogP contribution in [0.25, 0.3) is 0 Å². The Morgan fingerprint density at radius 2 is 2.03 bits per heavy atom. The molecule has 0 saturated carbocycles. The van der Waals surface area contributed by atoms with Crippen molar-refractivity contribution in [1.29, 1.82) is 0 Å². The maximum atomic E-state index is 13.3. The van der Waals surface area contributed by atoms with Crippen molar-refractivity contribution in [3.05, 3.63) is 71.5 Å². The number of H-pyrrole nitrogens is 1. The standard InChI is InChI=1S/C30H36N4O4/c1-21(35)34-26-8-4-3-7-24(26)25-13-15-33(30(36)12-10-23-19-31-32-20-23)14-5-6-16-38-29-18-22(17-27(25)34)9-11-28(29)37-2/h3-4,7-9,11,18-20,25,27H,5-6,10,12-17H2,1-2H3,(H,31,32)/t25-,27-/m1/s1. The average molecular weight is 517 g/mol. The van der Waals surface area contributed by atoms with Crippen LogP contribution >= 0.6 is 0 Å². The first-order chi connectivity index (χ1) is 18.5. The topological polar surface area (TPSA) is 87.8 Å². The number of aryl methyl sites for hydroxylation is 1. The number of hydrogen-bond acceptors (Lipinski definition) is 5. The number of methoxy groups -OCH3 is 1. The van der Waals surface area contributed by atoms with Gasteiger partial charge >= 0.3 is 0 Å².